The minimum Gasteiger partial charge on any atom is -0.383 e. The first-order valence-electron chi connectivity index (χ1n) is 10.1. The SMILES string of the molecule is Nc1ncccc1-c1nc2cccnc2n1-c1ccc(CNS(=O)(=O)c2cccnc2)cc1. The zero-order valence-corrected chi connectivity index (χ0v) is 18.1. The molecule has 0 fully saturated rings. The van der Waals surface area contributed by atoms with Crippen molar-refractivity contribution in [2.45, 2.75) is 11.4 Å². The minimum atomic E-state index is -3.65. The van der Waals surface area contributed by atoms with Crippen LogP contribution < -0.4 is 10.5 Å². The van der Waals surface area contributed by atoms with E-state index in [1.54, 1.807) is 24.5 Å². The van der Waals surface area contributed by atoms with Crippen LogP contribution in [0.1, 0.15) is 5.56 Å². The van der Waals surface area contributed by atoms with Crippen LogP contribution in [0.3, 0.4) is 0 Å². The van der Waals surface area contributed by atoms with Crippen molar-refractivity contribution in [2.24, 2.45) is 0 Å². The number of nitrogens with one attached hydrogen (secondary N) is 1. The van der Waals surface area contributed by atoms with E-state index in [1.807, 2.05) is 47.0 Å². The second kappa shape index (κ2) is 8.41. The Balaban J connectivity index is 1.48. The summed E-state index contributed by atoms with van der Waals surface area (Å²) in [6.07, 6.45) is 6.18. The summed E-state index contributed by atoms with van der Waals surface area (Å²) in [6.45, 7) is 0.142. The Bertz CT molecular complexity index is 1530. The van der Waals surface area contributed by atoms with Gasteiger partial charge in [-0.05, 0) is 54.1 Å². The number of hydrogen-bond donors (Lipinski definition) is 2. The molecule has 164 valence electrons. The largest absolute Gasteiger partial charge is 0.383 e. The van der Waals surface area contributed by atoms with Crippen molar-refractivity contribution in [3.05, 3.63) is 91.0 Å². The summed E-state index contributed by atoms with van der Waals surface area (Å²) >= 11 is 0. The minimum absolute atomic E-state index is 0.122. The number of rotatable bonds is 6. The van der Waals surface area contributed by atoms with Crippen LogP contribution in [0.4, 0.5) is 5.82 Å². The fraction of sp³-hybridized carbons (Fsp3) is 0.0435. The van der Waals surface area contributed by atoms with Crippen molar-refractivity contribution < 1.29 is 8.42 Å². The zero-order valence-electron chi connectivity index (χ0n) is 17.3. The standard InChI is InChI=1S/C23H19N7O2S/c24-21-19(5-2-12-26-21)22-29-20-6-3-13-27-23(20)30(22)17-9-7-16(8-10-17)14-28-33(31,32)18-4-1-11-25-15-18/h1-13,15,28H,14H2,(H2,24,26). The second-order valence-electron chi connectivity index (χ2n) is 7.23. The Morgan fingerprint density at radius 2 is 1.67 bits per heavy atom. The van der Waals surface area contributed by atoms with Gasteiger partial charge in [0.1, 0.15) is 16.2 Å². The van der Waals surface area contributed by atoms with Crippen LogP contribution in [0, 0.1) is 0 Å². The maximum Gasteiger partial charge on any atom is 0.242 e. The number of hydrogen-bond acceptors (Lipinski definition) is 7. The van der Waals surface area contributed by atoms with Gasteiger partial charge in [0.05, 0.1) is 5.56 Å². The quantitative estimate of drug-likeness (QED) is 0.401. The summed E-state index contributed by atoms with van der Waals surface area (Å²) in [5, 5.41) is 0. The predicted molar refractivity (Wildman–Crippen MR) is 125 cm³/mol. The van der Waals surface area contributed by atoms with Gasteiger partial charge in [-0.15, -0.1) is 0 Å². The van der Waals surface area contributed by atoms with E-state index in [-0.39, 0.29) is 11.4 Å². The molecule has 1 aromatic carbocycles. The number of nitrogens with two attached hydrogens (primary N) is 1. The van der Waals surface area contributed by atoms with Crippen molar-refractivity contribution in [3.63, 3.8) is 0 Å². The molecule has 0 aliphatic carbocycles. The van der Waals surface area contributed by atoms with Gasteiger partial charge in [-0.3, -0.25) is 9.55 Å². The van der Waals surface area contributed by atoms with E-state index in [4.69, 9.17) is 10.7 Å². The predicted octanol–water partition coefficient (Wildman–Crippen LogP) is 2.94. The van der Waals surface area contributed by atoms with Crippen LogP contribution in [0.15, 0.2) is 90.3 Å². The van der Waals surface area contributed by atoms with Crippen molar-refractivity contribution >= 4 is 27.0 Å². The summed E-state index contributed by atoms with van der Waals surface area (Å²) in [7, 11) is -3.65. The van der Waals surface area contributed by atoms with Gasteiger partial charge in [0.2, 0.25) is 10.0 Å². The fourth-order valence-electron chi connectivity index (χ4n) is 3.47. The summed E-state index contributed by atoms with van der Waals surface area (Å²) in [5.74, 6) is 0.995. The van der Waals surface area contributed by atoms with Crippen LogP contribution in [-0.4, -0.2) is 32.9 Å². The van der Waals surface area contributed by atoms with Crippen LogP contribution in [0.5, 0.6) is 0 Å². The number of imidazole rings is 1. The molecule has 4 heterocycles. The van der Waals surface area contributed by atoms with E-state index in [9.17, 15) is 8.42 Å². The van der Waals surface area contributed by atoms with E-state index < -0.39 is 10.0 Å². The molecule has 0 aliphatic heterocycles. The number of fused-ring (bicyclic) bond motifs is 1. The Morgan fingerprint density at radius 3 is 2.42 bits per heavy atom. The third-order valence-electron chi connectivity index (χ3n) is 5.10. The monoisotopic (exact) mass is 457 g/mol. The summed E-state index contributed by atoms with van der Waals surface area (Å²) in [6, 6.07) is 17.9. The molecule has 4 aromatic heterocycles. The average Bonchev–Trinajstić information content (AvgIpc) is 3.23. The van der Waals surface area contributed by atoms with Gasteiger partial charge in [0, 0.05) is 37.0 Å². The summed E-state index contributed by atoms with van der Waals surface area (Å²) in [5.41, 5.74) is 9.84. The lowest BCUT2D eigenvalue weighted by Gasteiger charge is -2.11. The highest BCUT2D eigenvalue weighted by Crippen LogP contribution is 2.30. The molecule has 5 rings (SSSR count). The number of nitrogen functional groups attached to an aromatic ring is 1. The molecule has 0 saturated carbocycles. The number of anilines is 1. The second-order valence-corrected chi connectivity index (χ2v) is 9.00. The number of benzene rings is 1. The Labute approximate surface area is 190 Å². The normalized spacial score (nSPS) is 11.6. The Morgan fingerprint density at radius 1 is 0.909 bits per heavy atom. The van der Waals surface area contributed by atoms with Crippen LogP contribution in [-0.2, 0) is 16.6 Å². The molecular formula is C23H19N7O2S. The molecule has 0 bridgehead atoms. The van der Waals surface area contributed by atoms with Gasteiger partial charge in [-0.2, -0.15) is 0 Å². The van der Waals surface area contributed by atoms with E-state index in [1.165, 1.54) is 18.5 Å². The maximum absolute atomic E-state index is 12.4. The molecule has 33 heavy (non-hydrogen) atoms. The molecule has 10 heteroatoms. The lowest BCUT2D eigenvalue weighted by molar-refractivity contribution is 0.581. The molecule has 0 aliphatic rings. The van der Waals surface area contributed by atoms with Crippen LogP contribution >= 0.6 is 0 Å². The lowest BCUT2D eigenvalue weighted by atomic mass is 10.2. The molecule has 3 N–H and O–H groups in total. The molecule has 0 spiro atoms. The first-order valence-corrected chi connectivity index (χ1v) is 11.5. The average molecular weight is 458 g/mol. The molecule has 0 radical (unpaired) electrons. The lowest BCUT2D eigenvalue weighted by Crippen LogP contribution is -2.23. The first kappa shape index (κ1) is 20.7. The number of sulfonamides is 1. The first-order chi connectivity index (χ1) is 16.0. The zero-order chi connectivity index (χ0) is 22.8. The molecule has 9 nitrogen and oxygen atoms in total. The number of aromatic nitrogens is 5. The highest BCUT2D eigenvalue weighted by atomic mass is 32.2. The van der Waals surface area contributed by atoms with Gasteiger partial charge < -0.3 is 5.73 Å². The van der Waals surface area contributed by atoms with Crippen molar-refractivity contribution in [1.29, 1.82) is 0 Å². The number of pyridine rings is 3. The molecule has 0 amide bonds. The van der Waals surface area contributed by atoms with Crippen molar-refractivity contribution in [3.8, 4) is 17.1 Å². The van der Waals surface area contributed by atoms with Crippen molar-refractivity contribution in [2.75, 3.05) is 5.73 Å². The topological polar surface area (TPSA) is 129 Å². The van der Waals surface area contributed by atoms with E-state index >= 15 is 0 Å². The van der Waals surface area contributed by atoms with Gasteiger partial charge in [0.15, 0.2) is 11.5 Å². The van der Waals surface area contributed by atoms with E-state index in [2.05, 4.69) is 19.7 Å². The Hall–Kier alpha value is -4.15. The highest BCUT2D eigenvalue weighted by Gasteiger charge is 2.18. The molecule has 0 unspecified atom stereocenters. The molecule has 0 saturated heterocycles. The van der Waals surface area contributed by atoms with Gasteiger partial charge in [-0.1, -0.05) is 12.1 Å². The Kier molecular flexibility index (Phi) is 5.29. The van der Waals surface area contributed by atoms with Crippen molar-refractivity contribution in [1.82, 2.24) is 29.2 Å². The van der Waals surface area contributed by atoms with Crippen LogP contribution in [0.2, 0.25) is 0 Å². The van der Waals surface area contributed by atoms with Gasteiger partial charge in [0.25, 0.3) is 0 Å². The van der Waals surface area contributed by atoms with E-state index in [0.717, 1.165) is 16.8 Å². The number of nitrogens with zero attached hydrogens (tertiary/aromatic N) is 5. The molecular weight excluding hydrogens is 438 g/mol. The molecule has 5 aromatic rings. The third kappa shape index (κ3) is 4.04. The molecule has 0 atom stereocenters. The van der Waals surface area contributed by atoms with Gasteiger partial charge in [-0.25, -0.2) is 28.1 Å². The summed E-state index contributed by atoms with van der Waals surface area (Å²) < 4.78 is 29.4. The third-order valence-corrected chi connectivity index (χ3v) is 6.49. The highest BCUT2D eigenvalue weighted by molar-refractivity contribution is 7.89. The summed E-state index contributed by atoms with van der Waals surface area (Å²) in [4.78, 5) is 17.4. The van der Waals surface area contributed by atoms with Gasteiger partial charge >= 0.3 is 0 Å². The fourth-order valence-corrected chi connectivity index (χ4v) is 4.46. The van der Waals surface area contributed by atoms with E-state index in [0.29, 0.717) is 22.9 Å². The smallest absolute Gasteiger partial charge is 0.242 e. The maximum atomic E-state index is 12.4. The van der Waals surface area contributed by atoms with Crippen LogP contribution in [0.25, 0.3) is 28.2 Å².